The number of halogens is 1. The van der Waals surface area contributed by atoms with Gasteiger partial charge in [0.1, 0.15) is 5.00 Å². The van der Waals surface area contributed by atoms with Gasteiger partial charge in [-0.25, -0.2) is 0 Å². The largest absolute Gasteiger partial charge is 0.459 e. The van der Waals surface area contributed by atoms with Gasteiger partial charge in [0.2, 0.25) is 0 Å². The molecule has 1 aliphatic carbocycles. The molecule has 0 bridgehead atoms. The number of carbonyl (C=O) groups is 1. The lowest BCUT2D eigenvalue weighted by molar-refractivity contribution is 0.0239. The van der Waals surface area contributed by atoms with Crippen molar-refractivity contribution in [2.24, 2.45) is 0 Å². The van der Waals surface area contributed by atoms with E-state index < -0.39 is 0 Å². The second-order valence-electron chi connectivity index (χ2n) is 7.96. The Balaban J connectivity index is 1.63. The Labute approximate surface area is 191 Å². The van der Waals surface area contributed by atoms with Crippen LogP contribution in [0.1, 0.15) is 51.0 Å². The van der Waals surface area contributed by atoms with E-state index in [1.165, 1.54) is 35.1 Å². The van der Waals surface area contributed by atoms with Crippen molar-refractivity contribution in [3.8, 4) is 0 Å². The van der Waals surface area contributed by atoms with Crippen molar-refractivity contribution >= 4 is 33.8 Å². The van der Waals surface area contributed by atoms with E-state index >= 15 is 0 Å². The molecule has 3 aromatic rings. The van der Waals surface area contributed by atoms with E-state index in [-0.39, 0.29) is 11.9 Å². The van der Waals surface area contributed by atoms with Crippen LogP contribution in [-0.4, -0.2) is 37.1 Å². The third kappa shape index (κ3) is 4.17. The summed E-state index contributed by atoms with van der Waals surface area (Å²) in [7, 11) is 0. The van der Waals surface area contributed by atoms with Crippen LogP contribution in [-0.2, 0) is 17.6 Å². The number of furan rings is 1. The summed E-state index contributed by atoms with van der Waals surface area (Å²) >= 11 is 8.43. The Morgan fingerprint density at radius 3 is 2.68 bits per heavy atom. The summed E-state index contributed by atoms with van der Waals surface area (Å²) < 4.78 is 11.0. The number of amides is 1. The van der Waals surface area contributed by atoms with Gasteiger partial charge in [-0.1, -0.05) is 29.8 Å². The minimum absolute atomic E-state index is 0.0254. The molecular weight excluding hydrogens is 432 g/mol. The minimum Gasteiger partial charge on any atom is -0.459 e. The molecule has 0 saturated carbocycles. The fourth-order valence-electron chi connectivity index (χ4n) is 4.61. The van der Waals surface area contributed by atoms with Crippen LogP contribution >= 0.6 is 22.9 Å². The molecule has 5 rings (SSSR count). The van der Waals surface area contributed by atoms with Gasteiger partial charge in [0, 0.05) is 28.6 Å². The first-order valence-corrected chi connectivity index (χ1v) is 12.0. The highest BCUT2D eigenvalue weighted by Gasteiger charge is 2.34. The molecule has 1 amide bonds. The van der Waals surface area contributed by atoms with E-state index in [4.69, 9.17) is 20.8 Å². The number of thiophene rings is 1. The van der Waals surface area contributed by atoms with Crippen LogP contribution in [0.15, 0.2) is 47.1 Å². The second-order valence-corrected chi connectivity index (χ2v) is 9.47. The molecule has 1 aliphatic heterocycles. The van der Waals surface area contributed by atoms with Crippen LogP contribution < -0.4 is 5.32 Å². The summed E-state index contributed by atoms with van der Waals surface area (Å²) in [5.41, 5.74) is 3.64. The van der Waals surface area contributed by atoms with Gasteiger partial charge in [-0.2, -0.15) is 0 Å². The van der Waals surface area contributed by atoms with Crippen molar-refractivity contribution in [3.05, 3.63) is 75.0 Å². The first-order valence-electron chi connectivity index (χ1n) is 10.8. The van der Waals surface area contributed by atoms with Crippen LogP contribution in [0.25, 0.3) is 0 Å². The van der Waals surface area contributed by atoms with E-state index in [9.17, 15) is 4.79 Å². The molecule has 2 aliphatic rings. The van der Waals surface area contributed by atoms with Gasteiger partial charge < -0.3 is 14.5 Å². The zero-order valence-electron chi connectivity index (χ0n) is 17.2. The van der Waals surface area contributed by atoms with Crippen molar-refractivity contribution in [1.82, 2.24) is 4.90 Å². The topological polar surface area (TPSA) is 54.7 Å². The van der Waals surface area contributed by atoms with E-state index in [0.29, 0.717) is 19.0 Å². The maximum absolute atomic E-state index is 12.9. The maximum Gasteiger partial charge on any atom is 0.291 e. The van der Waals surface area contributed by atoms with Gasteiger partial charge in [-0.3, -0.25) is 9.69 Å². The summed E-state index contributed by atoms with van der Waals surface area (Å²) in [4.78, 5) is 16.7. The molecule has 0 unspecified atom stereocenters. The average molecular weight is 457 g/mol. The monoisotopic (exact) mass is 456 g/mol. The highest BCUT2D eigenvalue weighted by Crippen LogP contribution is 2.46. The number of morpholine rings is 1. The standard InChI is InChI=1S/C24H25ClN2O3S/c25-18-8-3-1-6-16(18)22(27-11-14-29-15-12-27)21-17-7-2-4-10-20(17)31-24(21)26-23(28)19-9-5-13-30-19/h1,3,5-6,8-9,13,22H,2,4,7,10-12,14-15H2,(H,26,28)/t22-/m0/s1. The average Bonchev–Trinajstić information content (AvgIpc) is 3.45. The van der Waals surface area contributed by atoms with Gasteiger partial charge in [-0.05, 0) is 55.0 Å². The Hall–Kier alpha value is -2.12. The molecule has 1 N–H and O–H groups in total. The number of ether oxygens (including phenoxy) is 1. The fourth-order valence-corrected chi connectivity index (χ4v) is 6.17. The number of carbonyl (C=O) groups excluding carboxylic acids is 1. The van der Waals surface area contributed by atoms with E-state index in [1.54, 1.807) is 23.5 Å². The number of nitrogens with one attached hydrogen (secondary N) is 1. The number of nitrogens with zero attached hydrogens (tertiary/aromatic N) is 1. The number of aryl methyl sites for hydroxylation is 1. The SMILES string of the molecule is O=C(Nc1sc2c(c1[C@H](c1ccccc1Cl)N1CCOCC1)CCCC2)c1ccco1. The summed E-state index contributed by atoms with van der Waals surface area (Å²) in [6, 6.07) is 11.4. The zero-order valence-corrected chi connectivity index (χ0v) is 18.8. The molecule has 7 heteroatoms. The molecular formula is C24H25ClN2O3S. The Bertz CT molecular complexity index is 1060. The second kappa shape index (κ2) is 9.17. The van der Waals surface area contributed by atoms with E-state index in [0.717, 1.165) is 41.5 Å². The van der Waals surface area contributed by atoms with Crippen LogP contribution in [0.2, 0.25) is 5.02 Å². The highest BCUT2D eigenvalue weighted by molar-refractivity contribution is 7.16. The molecule has 2 aromatic heterocycles. The number of fused-ring (bicyclic) bond motifs is 1. The summed E-state index contributed by atoms with van der Waals surface area (Å²) in [5, 5.41) is 4.82. The first kappa shape index (κ1) is 20.8. The fraction of sp³-hybridized carbons (Fsp3) is 0.375. The first-order chi connectivity index (χ1) is 15.2. The highest BCUT2D eigenvalue weighted by atomic mass is 35.5. The van der Waals surface area contributed by atoms with E-state index in [1.807, 2.05) is 18.2 Å². The number of hydrogen-bond donors (Lipinski definition) is 1. The Kier molecular flexibility index (Phi) is 6.14. The molecule has 1 fully saturated rings. The lowest BCUT2D eigenvalue weighted by Crippen LogP contribution is -2.40. The predicted octanol–water partition coefficient (Wildman–Crippen LogP) is 5.55. The van der Waals surface area contributed by atoms with Crippen LogP contribution in [0, 0.1) is 0 Å². The quantitative estimate of drug-likeness (QED) is 0.547. The molecule has 0 spiro atoms. The van der Waals surface area contributed by atoms with Crippen molar-refractivity contribution in [2.45, 2.75) is 31.7 Å². The van der Waals surface area contributed by atoms with Gasteiger partial charge >= 0.3 is 0 Å². The smallest absolute Gasteiger partial charge is 0.291 e. The van der Waals surface area contributed by atoms with Crippen LogP contribution in [0.5, 0.6) is 0 Å². The summed E-state index contributed by atoms with van der Waals surface area (Å²) in [6.07, 6.45) is 5.97. The summed E-state index contributed by atoms with van der Waals surface area (Å²) in [6.45, 7) is 3.04. The van der Waals surface area contributed by atoms with Crippen molar-refractivity contribution in [3.63, 3.8) is 0 Å². The van der Waals surface area contributed by atoms with E-state index in [2.05, 4.69) is 16.3 Å². The molecule has 3 heterocycles. The number of anilines is 1. The number of hydrogen-bond acceptors (Lipinski definition) is 5. The lowest BCUT2D eigenvalue weighted by atomic mass is 9.88. The minimum atomic E-state index is -0.218. The molecule has 1 atom stereocenters. The van der Waals surface area contributed by atoms with Crippen molar-refractivity contribution in [1.29, 1.82) is 0 Å². The van der Waals surface area contributed by atoms with Crippen LogP contribution in [0.3, 0.4) is 0 Å². The van der Waals surface area contributed by atoms with Gasteiger partial charge in [0.25, 0.3) is 5.91 Å². The van der Waals surface area contributed by atoms with Gasteiger partial charge in [-0.15, -0.1) is 11.3 Å². The molecule has 162 valence electrons. The third-order valence-electron chi connectivity index (χ3n) is 6.07. The Morgan fingerprint density at radius 1 is 1.10 bits per heavy atom. The number of rotatable bonds is 5. The normalized spacial score (nSPS) is 17.8. The molecule has 0 radical (unpaired) electrons. The lowest BCUT2D eigenvalue weighted by Gasteiger charge is -2.36. The maximum atomic E-state index is 12.9. The van der Waals surface area contributed by atoms with Crippen LogP contribution in [0.4, 0.5) is 5.00 Å². The predicted molar refractivity (Wildman–Crippen MR) is 123 cm³/mol. The van der Waals surface area contributed by atoms with Crippen molar-refractivity contribution < 1.29 is 13.9 Å². The van der Waals surface area contributed by atoms with Crippen molar-refractivity contribution in [2.75, 3.05) is 31.6 Å². The summed E-state index contributed by atoms with van der Waals surface area (Å²) in [5.74, 6) is 0.0997. The molecule has 1 saturated heterocycles. The molecule has 1 aromatic carbocycles. The zero-order chi connectivity index (χ0) is 21.2. The third-order valence-corrected chi connectivity index (χ3v) is 7.64. The van der Waals surface area contributed by atoms with Gasteiger partial charge in [0.15, 0.2) is 5.76 Å². The molecule has 31 heavy (non-hydrogen) atoms. The van der Waals surface area contributed by atoms with Gasteiger partial charge in [0.05, 0.1) is 25.5 Å². The Morgan fingerprint density at radius 2 is 1.90 bits per heavy atom. The molecule has 5 nitrogen and oxygen atoms in total. The number of benzene rings is 1.